The van der Waals surface area contributed by atoms with Crippen LogP contribution in [0.5, 0.6) is 0 Å². The number of carboxylic acid groups (broad SMARTS) is 1. The van der Waals surface area contributed by atoms with Crippen molar-refractivity contribution in [1.82, 2.24) is 0 Å². The second kappa shape index (κ2) is 7.22. The summed E-state index contributed by atoms with van der Waals surface area (Å²) < 4.78 is 4.53. The van der Waals surface area contributed by atoms with Crippen molar-refractivity contribution in [2.24, 2.45) is 0 Å². The number of aromatic carboxylic acids is 1. The summed E-state index contributed by atoms with van der Waals surface area (Å²) in [6.45, 7) is 0. The number of esters is 1. The molecule has 2 rings (SSSR count). The fraction of sp³-hybridized carbons (Fsp3) is 0.111. The van der Waals surface area contributed by atoms with Gasteiger partial charge >= 0.3 is 11.9 Å². The standard InChI is InChI=1S/C18H16O4/c1-22-16(19)11-10-14-8-5-9-15(17(14)18(20)21)12-13-6-3-2-4-7-13/h2-11H,12H2,1H3,(H,20,21)/b11-10+. The summed E-state index contributed by atoms with van der Waals surface area (Å²) in [6.07, 6.45) is 3.19. The van der Waals surface area contributed by atoms with Gasteiger partial charge in [0, 0.05) is 6.08 Å². The molecule has 0 aliphatic rings. The lowest BCUT2D eigenvalue weighted by Gasteiger charge is -2.09. The molecule has 0 radical (unpaired) electrons. The van der Waals surface area contributed by atoms with Crippen LogP contribution < -0.4 is 0 Å². The van der Waals surface area contributed by atoms with Gasteiger partial charge in [-0.25, -0.2) is 9.59 Å². The molecule has 0 saturated carbocycles. The van der Waals surface area contributed by atoms with Crippen molar-refractivity contribution >= 4 is 18.0 Å². The van der Waals surface area contributed by atoms with Gasteiger partial charge in [0.15, 0.2) is 0 Å². The number of benzene rings is 2. The molecule has 0 aliphatic carbocycles. The van der Waals surface area contributed by atoms with Crippen LogP contribution in [0.3, 0.4) is 0 Å². The van der Waals surface area contributed by atoms with Crippen LogP contribution in [0, 0.1) is 0 Å². The maximum atomic E-state index is 11.6. The fourth-order valence-corrected chi connectivity index (χ4v) is 2.21. The highest BCUT2D eigenvalue weighted by Gasteiger charge is 2.14. The van der Waals surface area contributed by atoms with Crippen LogP contribution in [0.1, 0.15) is 27.0 Å². The van der Waals surface area contributed by atoms with Gasteiger partial charge in [-0.2, -0.15) is 0 Å². The number of carbonyl (C=O) groups excluding carboxylic acids is 1. The first kappa shape index (κ1) is 15.5. The molecule has 0 heterocycles. The van der Waals surface area contributed by atoms with Crippen molar-refractivity contribution in [1.29, 1.82) is 0 Å². The Labute approximate surface area is 128 Å². The third-order valence-corrected chi connectivity index (χ3v) is 3.23. The lowest BCUT2D eigenvalue weighted by Crippen LogP contribution is -2.06. The number of hydrogen-bond acceptors (Lipinski definition) is 3. The van der Waals surface area contributed by atoms with Gasteiger partial charge in [0.1, 0.15) is 0 Å². The Morgan fingerprint density at radius 3 is 2.45 bits per heavy atom. The summed E-state index contributed by atoms with van der Waals surface area (Å²) in [7, 11) is 1.27. The molecular weight excluding hydrogens is 280 g/mol. The third-order valence-electron chi connectivity index (χ3n) is 3.23. The first-order chi connectivity index (χ1) is 10.6. The highest BCUT2D eigenvalue weighted by atomic mass is 16.5. The van der Waals surface area contributed by atoms with Gasteiger partial charge in [-0.1, -0.05) is 48.5 Å². The Morgan fingerprint density at radius 1 is 1.09 bits per heavy atom. The van der Waals surface area contributed by atoms with Crippen LogP contribution in [0.25, 0.3) is 6.08 Å². The van der Waals surface area contributed by atoms with E-state index in [1.165, 1.54) is 19.3 Å². The average Bonchev–Trinajstić information content (AvgIpc) is 2.53. The summed E-state index contributed by atoms with van der Waals surface area (Å²) in [5, 5.41) is 9.50. The van der Waals surface area contributed by atoms with Crippen LogP contribution in [0.2, 0.25) is 0 Å². The molecule has 1 N–H and O–H groups in total. The van der Waals surface area contributed by atoms with E-state index in [4.69, 9.17) is 0 Å². The first-order valence-corrected chi connectivity index (χ1v) is 6.77. The molecule has 4 heteroatoms. The van der Waals surface area contributed by atoms with E-state index in [2.05, 4.69) is 4.74 Å². The SMILES string of the molecule is COC(=O)/C=C/c1cccc(Cc2ccccc2)c1C(=O)O. The van der Waals surface area contributed by atoms with Gasteiger partial charge in [-0.05, 0) is 29.2 Å². The molecule has 4 nitrogen and oxygen atoms in total. The number of rotatable bonds is 5. The lowest BCUT2D eigenvalue weighted by molar-refractivity contribution is -0.134. The monoisotopic (exact) mass is 296 g/mol. The minimum Gasteiger partial charge on any atom is -0.478 e. The molecule has 0 spiro atoms. The normalized spacial score (nSPS) is 10.6. The maximum absolute atomic E-state index is 11.6. The van der Waals surface area contributed by atoms with E-state index >= 15 is 0 Å². The molecule has 0 unspecified atom stereocenters. The number of methoxy groups -OCH3 is 1. The van der Waals surface area contributed by atoms with Crippen molar-refractivity contribution < 1.29 is 19.4 Å². The van der Waals surface area contributed by atoms with E-state index in [1.54, 1.807) is 18.2 Å². The predicted octanol–water partition coefficient (Wildman–Crippen LogP) is 3.16. The van der Waals surface area contributed by atoms with Crippen molar-refractivity contribution in [2.75, 3.05) is 7.11 Å². The van der Waals surface area contributed by atoms with Crippen molar-refractivity contribution in [3.8, 4) is 0 Å². The fourth-order valence-electron chi connectivity index (χ4n) is 2.21. The van der Waals surface area contributed by atoms with E-state index in [9.17, 15) is 14.7 Å². The molecule has 112 valence electrons. The topological polar surface area (TPSA) is 63.6 Å². The maximum Gasteiger partial charge on any atom is 0.336 e. The lowest BCUT2D eigenvalue weighted by atomic mass is 9.95. The molecule has 2 aromatic carbocycles. The molecular formula is C18H16O4. The summed E-state index contributed by atoms with van der Waals surface area (Å²) in [5.74, 6) is -1.54. The van der Waals surface area contributed by atoms with Crippen molar-refractivity contribution in [3.05, 3.63) is 76.9 Å². The average molecular weight is 296 g/mol. The Bertz CT molecular complexity index is 702. The Hall–Kier alpha value is -2.88. The summed E-state index contributed by atoms with van der Waals surface area (Å²) in [4.78, 5) is 22.8. The zero-order chi connectivity index (χ0) is 15.9. The molecule has 0 aliphatic heterocycles. The highest BCUT2D eigenvalue weighted by Crippen LogP contribution is 2.20. The largest absolute Gasteiger partial charge is 0.478 e. The van der Waals surface area contributed by atoms with Gasteiger partial charge in [0.2, 0.25) is 0 Å². The summed E-state index contributed by atoms with van der Waals surface area (Å²) in [6, 6.07) is 14.9. The Morgan fingerprint density at radius 2 is 1.82 bits per heavy atom. The van der Waals surface area contributed by atoms with Gasteiger partial charge in [-0.15, -0.1) is 0 Å². The minimum absolute atomic E-state index is 0.200. The molecule has 0 amide bonds. The van der Waals surface area contributed by atoms with Gasteiger partial charge in [0.25, 0.3) is 0 Å². The molecule has 0 bridgehead atoms. The minimum atomic E-state index is -1.02. The molecule has 0 saturated heterocycles. The Balaban J connectivity index is 2.40. The van der Waals surface area contributed by atoms with Gasteiger partial charge in [-0.3, -0.25) is 0 Å². The second-order valence-electron chi connectivity index (χ2n) is 4.71. The molecule has 0 atom stereocenters. The second-order valence-corrected chi connectivity index (χ2v) is 4.71. The van der Waals surface area contributed by atoms with E-state index in [-0.39, 0.29) is 5.56 Å². The van der Waals surface area contributed by atoms with Crippen LogP contribution in [-0.4, -0.2) is 24.2 Å². The number of carboxylic acids is 1. The Kier molecular flexibility index (Phi) is 5.09. The number of ether oxygens (including phenoxy) is 1. The summed E-state index contributed by atoms with van der Waals surface area (Å²) in [5.41, 5.74) is 2.41. The number of hydrogen-bond donors (Lipinski definition) is 1. The van der Waals surface area contributed by atoms with Gasteiger partial charge in [0.05, 0.1) is 12.7 Å². The quantitative estimate of drug-likeness (QED) is 0.680. The van der Waals surface area contributed by atoms with Crippen molar-refractivity contribution in [2.45, 2.75) is 6.42 Å². The van der Waals surface area contributed by atoms with Crippen LogP contribution >= 0.6 is 0 Å². The molecule has 2 aromatic rings. The number of carbonyl (C=O) groups is 2. The van der Waals surface area contributed by atoms with E-state index in [1.807, 2.05) is 30.3 Å². The van der Waals surface area contributed by atoms with Crippen LogP contribution in [0.15, 0.2) is 54.6 Å². The molecule has 0 aromatic heterocycles. The zero-order valence-electron chi connectivity index (χ0n) is 12.2. The molecule has 22 heavy (non-hydrogen) atoms. The van der Waals surface area contributed by atoms with Crippen LogP contribution in [0.4, 0.5) is 0 Å². The van der Waals surface area contributed by atoms with Crippen molar-refractivity contribution in [3.63, 3.8) is 0 Å². The summed E-state index contributed by atoms with van der Waals surface area (Å²) >= 11 is 0. The van der Waals surface area contributed by atoms with Crippen LogP contribution in [-0.2, 0) is 16.0 Å². The third kappa shape index (κ3) is 3.82. The zero-order valence-corrected chi connectivity index (χ0v) is 12.2. The molecule has 0 fully saturated rings. The van der Waals surface area contributed by atoms with E-state index in [0.717, 1.165) is 5.56 Å². The smallest absolute Gasteiger partial charge is 0.336 e. The first-order valence-electron chi connectivity index (χ1n) is 6.77. The van der Waals surface area contributed by atoms with Gasteiger partial charge < -0.3 is 9.84 Å². The van der Waals surface area contributed by atoms with E-state index in [0.29, 0.717) is 17.5 Å². The predicted molar refractivity (Wildman–Crippen MR) is 83.7 cm³/mol. The highest BCUT2D eigenvalue weighted by molar-refractivity contribution is 5.96. The van der Waals surface area contributed by atoms with E-state index < -0.39 is 11.9 Å².